The molecule has 4 rings (SSSR count). The van der Waals surface area contributed by atoms with E-state index in [1.54, 1.807) is 12.1 Å². The van der Waals surface area contributed by atoms with Crippen LogP contribution in [0.1, 0.15) is 35.6 Å². The Kier molecular flexibility index (Phi) is 8.84. The van der Waals surface area contributed by atoms with E-state index in [9.17, 15) is 19.7 Å². The summed E-state index contributed by atoms with van der Waals surface area (Å²) in [6.45, 7) is 2.08. The largest absolute Gasteiger partial charge is 0.519 e. The number of allylic oxidation sites excluding steroid dienone is 1. The zero-order valence-electron chi connectivity index (χ0n) is 21.5. The lowest BCUT2D eigenvalue weighted by Gasteiger charge is -2.17. The second kappa shape index (κ2) is 12.8. The van der Waals surface area contributed by atoms with Crippen molar-refractivity contribution in [1.29, 1.82) is 0 Å². The van der Waals surface area contributed by atoms with E-state index < -0.39 is 17.0 Å². The quantitative estimate of drug-likeness (QED) is 0.0584. The molecule has 8 nitrogen and oxygen atoms in total. The number of rotatable bonds is 9. The maximum atomic E-state index is 12.3. The van der Waals surface area contributed by atoms with Crippen LogP contribution in [-0.2, 0) is 4.79 Å². The standard InChI is InChI=1S/C32H25NO7/c1-2-29(23-6-4-3-5-7-23)31(24-11-8-22(9-12-24)10-21-30(34)35)25-13-17-27(18-14-25)39-32(36)40-28-19-15-26(16-20-28)33(37)38/h3-21H,2H2,1H3,(H,34,35). The Morgan fingerprint density at radius 2 is 1.30 bits per heavy atom. The second-order valence-corrected chi connectivity index (χ2v) is 8.60. The Morgan fingerprint density at radius 3 is 1.80 bits per heavy atom. The molecule has 0 saturated heterocycles. The van der Waals surface area contributed by atoms with Crippen molar-refractivity contribution in [3.8, 4) is 11.5 Å². The first-order valence-corrected chi connectivity index (χ1v) is 12.4. The van der Waals surface area contributed by atoms with Gasteiger partial charge in [0.25, 0.3) is 5.69 Å². The van der Waals surface area contributed by atoms with Gasteiger partial charge in [0.2, 0.25) is 0 Å². The number of carbonyl (C=O) groups is 2. The molecule has 0 spiro atoms. The summed E-state index contributed by atoms with van der Waals surface area (Å²) in [6.07, 6.45) is 2.41. The lowest BCUT2D eigenvalue weighted by atomic mass is 9.88. The Balaban J connectivity index is 1.61. The normalized spacial score (nSPS) is 11.5. The molecule has 0 amide bonds. The van der Waals surface area contributed by atoms with Gasteiger partial charge in [-0.2, -0.15) is 0 Å². The third kappa shape index (κ3) is 7.08. The topological polar surface area (TPSA) is 116 Å². The SMILES string of the molecule is CCC(=C(c1ccc(C=CC(=O)O)cc1)c1ccc(OC(=O)Oc2ccc([N+](=O)[O-])cc2)cc1)c1ccccc1. The van der Waals surface area contributed by atoms with E-state index in [0.29, 0.717) is 0 Å². The molecule has 4 aromatic carbocycles. The van der Waals surface area contributed by atoms with Crippen molar-refractivity contribution in [1.82, 2.24) is 0 Å². The van der Waals surface area contributed by atoms with Crippen molar-refractivity contribution >= 4 is 35.0 Å². The molecule has 0 heterocycles. The molecule has 0 aliphatic carbocycles. The van der Waals surface area contributed by atoms with Gasteiger partial charge in [0.15, 0.2) is 0 Å². The van der Waals surface area contributed by atoms with Gasteiger partial charge in [-0.25, -0.2) is 9.59 Å². The third-order valence-corrected chi connectivity index (χ3v) is 5.99. The second-order valence-electron chi connectivity index (χ2n) is 8.60. The van der Waals surface area contributed by atoms with E-state index in [1.165, 1.54) is 30.3 Å². The molecule has 1 N–H and O–H groups in total. The highest BCUT2D eigenvalue weighted by molar-refractivity contribution is 5.98. The Morgan fingerprint density at radius 1 is 0.775 bits per heavy atom. The van der Waals surface area contributed by atoms with Gasteiger partial charge in [-0.1, -0.05) is 73.7 Å². The average Bonchev–Trinajstić information content (AvgIpc) is 2.96. The van der Waals surface area contributed by atoms with Crippen LogP contribution in [0.5, 0.6) is 11.5 Å². The molecule has 4 aromatic rings. The summed E-state index contributed by atoms with van der Waals surface area (Å²) in [5.41, 5.74) is 5.65. The van der Waals surface area contributed by atoms with Gasteiger partial charge in [-0.05, 0) is 70.2 Å². The number of hydrogen-bond donors (Lipinski definition) is 1. The molecule has 8 heteroatoms. The van der Waals surface area contributed by atoms with Crippen LogP contribution in [0, 0.1) is 10.1 Å². The number of carbonyl (C=O) groups excluding carboxylic acids is 1. The first-order valence-electron chi connectivity index (χ1n) is 12.4. The van der Waals surface area contributed by atoms with E-state index in [0.717, 1.165) is 45.9 Å². The summed E-state index contributed by atoms with van der Waals surface area (Å²) in [4.78, 5) is 33.4. The van der Waals surface area contributed by atoms with Crippen molar-refractivity contribution in [3.05, 3.63) is 142 Å². The molecule has 0 unspecified atom stereocenters. The Labute approximate surface area is 230 Å². The fraction of sp³-hybridized carbons (Fsp3) is 0.0625. The molecule has 0 saturated carbocycles. The number of nitro benzene ring substituents is 1. The molecule has 40 heavy (non-hydrogen) atoms. The van der Waals surface area contributed by atoms with Crippen molar-refractivity contribution < 1.29 is 29.1 Å². The number of aliphatic carboxylic acids is 1. The number of benzene rings is 4. The molecule has 0 aliphatic rings. The van der Waals surface area contributed by atoms with Crippen LogP contribution >= 0.6 is 0 Å². The summed E-state index contributed by atoms with van der Waals surface area (Å²) < 4.78 is 10.4. The molecule has 0 aromatic heterocycles. The fourth-order valence-corrected chi connectivity index (χ4v) is 4.15. The van der Waals surface area contributed by atoms with Gasteiger partial charge in [-0.15, -0.1) is 0 Å². The summed E-state index contributed by atoms with van der Waals surface area (Å²) in [6, 6.07) is 29.8. The van der Waals surface area contributed by atoms with Gasteiger partial charge < -0.3 is 14.6 Å². The maximum absolute atomic E-state index is 12.3. The molecule has 0 bridgehead atoms. The summed E-state index contributed by atoms with van der Waals surface area (Å²) >= 11 is 0. The third-order valence-electron chi connectivity index (χ3n) is 5.99. The van der Waals surface area contributed by atoms with E-state index in [1.807, 2.05) is 54.6 Å². The highest BCUT2D eigenvalue weighted by Gasteiger charge is 2.15. The molecule has 0 fully saturated rings. The van der Waals surface area contributed by atoms with Crippen LogP contribution in [-0.4, -0.2) is 22.2 Å². The number of hydrogen-bond acceptors (Lipinski definition) is 6. The molecular formula is C32H25NO7. The monoisotopic (exact) mass is 535 g/mol. The zero-order chi connectivity index (χ0) is 28.5. The summed E-state index contributed by atoms with van der Waals surface area (Å²) in [7, 11) is 0. The highest BCUT2D eigenvalue weighted by Crippen LogP contribution is 2.35. The fourth-order valence-electron chi connectivity index (χ4n) is 4.15. The summed E-state index contributed by atoms with van der Waals surface area (Å²) in [5.74, 6) is -0.627. The molecule has 200 valence electrons. The predicted molar refractivity (Wildman–Crippen MR) is 152 cm³/mol. The minimum atomic E-state index is -1.01. The number of carboxylic acid groups (broad SMARTS) is 1. The highest BCUT2D eigenvalue weighted by atomic mass is 16.7. The van der Waals surface area contributed by atoms with Crippen LogP contribution in [0.15, 0.2) is 109 Å². The van der Waals surface area contributed by atoms with Crippen LogP contribution in [0.2, 0.25) is 0 Å². The van der Waals surface area contributed by atoms with Gasteiger partial charge in [0.05, 0.1) is 4.92 Å². The van der Waals surface area contributed by atoms with Crippen LogP contribution in [0.3, 0.4) is 0 Å². The van der Waals surface area contributed by atoms with Crippen LogP contribution in [0.25, 0.3) is 17.2 Å². The van der Waals surface area contributed by atoms with Crippen molar-refractivity contribution in [2.75, 3.05) is 0 Å². The molecule has 0 atom stereocenters. The maximum Gasteiger partial charge on any atom is 0.519 e. The van der Waals surface area contributed by atoms with Crippen molar-refractivity contribution in [3.63, 3.8) is 0 Å². The number of carboxylic acids is 1. The van der Waals surface area contributed by atoms with E-state index in [2.05, 4.69) is 19.1 Å². The molecule has 0 radical (unpaired) electrons. The molecule has 0 aliphatic heterocycles. The van der Waals surface area contributed by atoms with Crippen LogP contribution in [0.4, 0.5) is 10.5 Å². The first kappa shape index (κ1) is 27.5. The van der Waals surface area contributed by atoms with E-state index >= 15 is 0 Å². The number of nitro groups is 1. The lowest BCUT2D eigenvalue weighted by molar-refractivity contribution is -0.384. The van der Waals surface area contributed by atoms with Crippen molar-refractivity contribution in [2.24, 2.45) is 0 Å². The minimum absolute atomic E-state index is 0.117. The smallest absolute Gasteiger partial charge is 0.478 e. The van der Waals surface area contributed by atoms with E-state index in [-0.39, 0.29) is 17.2 Å². The van der Waals surface area contributed by atoms with Gasteiger partial charge in [0, 0.05) is 18.2 Å². The van der Waals surface area contributed by atoms with Gasteiger partial charge in [-0.3, -0.25) is 10.1 Å². The van der Waals surface area contributed by atoms with Gasteiger partial charge in [0.1, 0.15) is 11.5 Å². The number of ether oxygens (including phenoxy) is 2. The zero-order valence-corrected chi connectivity index (χ0v) is 21.5. The average molecular weight is 536 g/mol. The summed E-state index contributed by atoms with van der Waals surface area (Å²) in [5, 5.41) is 19.7. The Bertz CT molecular complexity index is 1550. The van der Waals surface area contributed by atoms with E-state index in [4.69, 9.17) is 14.6 Å². The molecular weight excluding hydrogens is 510 g/mol. The number of non-ortho nitro benzene ring substituents is 1. The first-order chi connectivity index (χ1) is 19.3. The minimum Gasteiger partial charge on any atom is -0.478 e. The number of nitrogens with zero attached hydrogens (tertiary/aromatic N) is 1. The van der Waals surface area contributed by atoms with Crippen LogP contribution < -0.4 is 9.47 Å². The predicted octanol–water partition coefficient (Wildman–Crippen LogP) is 7.64. The van der Waals surface area contributed by atoms with Crippen molar-refractivity contribution in [2.45, 2.75) is 13.3 Å². The lowest BCUT2D eigenvalue weighted by Crippen LogP contribution is -2.13. The van der Waals surface area contributed by atoms with Gasteiger partial charge >= 0.3 is 12.1 Å². The Hall–Kier alpha value is -5.50.